The van der Waals surface area contributed by atoms with E-state index < -0.39 is 0 Å². The molecule has 0 aliphatic heterocycles. The van der Waals surface area contributed by atoms with Crippen molar-refractivity contribution in [2.45, 2.75) is 76.3 Å². The molecule has 0 spiro atoms. The Hall–Kier alpha value is -1.88. The van der Waals surface area contributed by atoms with Gasteiger partial charge >= 0.3 is 0 Å². The quantitative estimate of drug-likeness (QED) is 0.692. The maximum atomic E-state index is 4.80. The molecule has 0 bridgehead atoms. The van der Waals surface area contributed by atoms with Crippen LogP contribution in [0.3, 0.4) is 0 Å². The van der Waals surface area contributed by atoms with E-state index >= 15 is 0 Å². The summed E-state index contributed by atoms with van der Waals surface area (Å²) < 4.78 is 0. The monoisotopic (exact) mass is 395 g/mol. The normalized spacial score (nSPS) is 23.2. The Morgan fingerprint density at radius 1 is 0.897 bits per heavy atom. The molecule has 1 aromatic heterocycles. The first-order valence-corrected chi connectivity index (χ1v) is 11.6. The summed E-state index contributed by atoms with van der Waals surface area (Å²) in [6.07, 6.45) is 13.5. The molecule has 1 heterocycles. The number of hydrogen-bond donors (Lipinski definition) is 2. The van der Waals surface area contributed by atoms with Crippen molar-refractivity contribution >= 4 is 22.7 Å². The third-order valence-electron chi connectivity index (χ3n) is 6.78. The van der Waals surface area contributed by atoms with Crippen molar-refractivity contribution in [3.05, 3.63) is 24.3 Å². The van der Waals surface area contributed by atoms with E-state index in [1.165, 1.54) is 70.8 Å². The smallest absolute Gasteiger partial charge is 0.225 e. The van der Waals surface area contributed by atoms with Crippen molar-refractivity contribution in [3.63, 3.8) is 0 Å². The summed E-state index contributed by atoms with van der Waals surface area (Å²) in [4.78, 5) is 11.6. The molecule has 2 aromatic rings. The van der Waals surface area contributed by atoms with Crippen molar-refractivity contribution in [3.8, 4) is 0 Å². The van der Waals surface area contributed by atoms with Crippen molar-refractivity contribution in [1.29, 1.82) is 0 Å². The number of para-hydroxylation sites is 1. The highest BCUT2D eigenvalue weighted by atomic mass is 15.2. The van der Waals surface area contributed by atoms with E-state index in [4.69, 9.17) is 9.97 Å². The molecule has 0 unspecified atom stereocenters. The van der Waals surface area contributed by atoms with E-state index in [-0.39, 0.29) is 0 Å². The third kappa shape index (κ3) is 5.39. The number of nitrogens with one attached hydrogen (secondary N) is 2. The van der Waals surface area contributed by atoms with Gasteiger partial charge in [0.25, 0.3) is 0 Å². The average Bonchev–Trinajstić information content (AvgIpc) is 2.75. The summed E-state index contributed by atoms with van der Waals surface area (Å²) in [6.45, 7) is 1.20. The summed E-state index contributed by atoms with van der Waals surface area (Å²) >= 11 is 0. The van der Waals surface area contributed by atoms with Crippen LogP contribution in [0.15, 0.2) is 24.3 Å². The van der Waals surface area contributed by atoms with Gasteiger partial charge in [-0.15, -0.1) is 0 Å². The maximum absolute atomic E-state index is 4.80. The fraction of sp³-hybridized carbons (Fsp3) is 0.667. The van der Waals surface area contributed by atoms with Crippen LogP contribution in [0.4, 0.5) is 11.8 Å². The highest BCUT2D eigenvalue weighted by molar-refractivity contribution is 5.90. The molecule has 0 saturated heterocycles. The Labute approximate surface area is 175 Å². The molecule has 0 amide bonds. The van der Waals surface area contributed by atoms with Gasteiger partial charge in [-0.25, -0.2) is 4.98 Å². The lowest BCUT2D eigenvalue weighted by Crippen LogP contribution is -2.38. The molecule has 5 nitrogen and oxygen atoms in total. The van der Waals surface area contributed by atoms with Gasteiger partial charge in [0.05, 0.1) is 5.52 Å². The molecular formula is C24H37N5. The summed E-state index contributed by atoms with van der Waals surface area (Å²) in [5, 5.41) is 8.56. The minimum absolute atomic E-state index is 0.475. The predicted molar refractivity (Wildman–Crippen MR) is 123 cm³/mol. The van der Waals surface area contributed by atoms with Crippen LogP contribution in [0.5, 0.6) is 0 Å². The van der Waals surface area contributed by atoms with Gasteiger partial charge in [0.15, 0.2) is 0 Å². The van der Waals surface area contributed by atoms with Gasteiger partial charge in [-0.05, 0) is 56.7 Å². The number of anilines is 2. The molecule has 4 rings (SSSR count). The van der Waals surface area contributed by atoms with Crippen molar-refractivity contribution in [2.24, 2.45) is 5.92 Å². The highest BCUT2D eigenvalue weighted by Gasteiger charge is 2.22. The second-order valence-electron chi connectivity index (χ2n) is 9.22. The first-order valence-electron chi connectivity index (χ1n) is 11.6. The number of hydrogen-bond acceptors (Lipinski definition) is 5. The van der Waals surface area contributed by atoms with Crippen LogP contribution in [-0.4, -0.2) is 42.7 Å². The van der Waals surface area contributed by atoms with Crippen LogP contribution in [0, 0.1) is 5.92 Å². The van der Waals surface area contributed by atoms with Crippen LogP contribution in [0.1, 0.15) is 64.2 Å². The second kappa shape index (κ2) is 9.75. The zero-order chi connectivity index (χ0) is 20.1. The predicted octanol–water partition coefficient (Wildman–Crippen LogP) is 4.98. The number of rotatable bonds is 7. The molecule has 1 aromatic carbocycles. The molecule has 2 aliphatic rings. The fourth-order valence-electron chi connectivity index (χ4n) is 5.06. The van der Waals surface area contributed by atoms with Crippen molar-refractivity contribution in [1.82, 2.24) is 15.3 Å². The van der Waals surface area contributed by atoms with Gasteiger partial charge in [0.1, 0.15) is 5.82 Å². The minimum atomic E-state index is 0.475. The fourth-order valence-corrected chi connectivity index (χ4v) is 5.06. The van der Waals surface area contributed by atoms with Crippen molar-refractivity contribution in [2.75, 3.05) is 30.9 Å². The first kappa shape index (κ1) is 20.4. The molecule has 158 valence electrons. The van der Waals surface area contributed by atoms with Gasteiger partial charge in [-0.2, -0.15) is 4.98 Å². The van der Waals surface area contributed by atoms with Gasteiger partial charge < -0.3 is 15.5 Å². The SMILES string of the molecule is CN(C)c1nc(NC2CCC(NCCC3CCCCC3)CC2)nc2ccccc12. The lowest BCUT2D eigenvalue weighted by atomic mass is 9.86. The molecule has 2 fully saturated rings. The molecular weight excluding hydrogens is 358 g/mol. The Morgan fingerprint density at radius 3 is 2.38 bits per heavy atom. The molecule has 2 aliphatic carbocycles. The van der Waals surface area contributed by atoms with Crippen LogP contribution in [0.25, 0.3) is 10.9 Å². The first-order chi connectivity index (χ1) is 14.2. The zero-order valence-electron chi connectivity index (χ0n) is 18.2. The van der Waals surface area contributed by atoms with Gasteiger partial charge in [0, 0.05) is 31.6 Å². The number of aromatic nitrogens is 2. The molecule has 0 radical (unpaired) electrons. The van der Waals surface area contributed by atoms with Gasteiger partial charge in [-0.3, -0.25) is 0 Å². The molecule has 2 N–H and O–H groups in total. The largest absolute Gasteiger partial charge is 0.362 e. The third-order valence-corrected chi connectivity index (χ3v) is 6.78. The Morgan fingerprint density at radius 2 is 1.62 bits per heavy atom. The van der Waals surface area contributed by atoms with Crippen molar-refractivity contribution < 1.29 is 0 Å². The molecule has 5 heteroatoms. The molecule has 0 atom stereocenters. The lowest BCUT2D eigenvalue weighted by molar-refractivity contribution is 0.307. The molecule has 29 heavy (non-hydrogen) atoms. The van der Waals surface area contributed by atoms with Gasteiger partial charge in [-0.1, -0.05) is 44.2 Å². The van der Waals surface area contributed by atoms with Gasteiger partial charge in [0.2, 0.25) is 5.95 Å². The summed E-state index contributed by atoms with van der Waals surface area (Å²) in [7, 11) is 4.09. The number of fused-ring (bicyclic) bond motifs is 1. The summed E-state index contributed by atoms with van der Waals surface area (Å²) in [5.74, 6) is 2.72. The average molecular weight is 396 g/mol. The number of benzene rings is 1. The highest BCUT2D eigenvalue weighted by Crippen LogP contribution is 2.28. The Bertz CT molecular complexity index is 776. The van der Waals surface area contributed by atoms with Crippen LogP contribution >= 0.6 is 0 Å². The van der Waals surface area contributed by atoms with Crippen LogP contribution < -0.4 is 15.5 Å². The molecule has 2 saturated carbocycles. The second-order valence-corrected chi connectivity index (χ2v) is 9.22. The Balaban J connectivity index is 1.27. The Kier molecular flexibility index (Phi) is 6.86. The standard InChI is InChI=1S/C24H37N5/c1-29(2)23-21-10-6-7-11-22(21)27-24(28-23)26-20-14-12-19(13-15-20)25-17-16-18-8-4-3-5-9-18/h6-7,10-11,18-20,25H,3-5,8-9,12-17H2,1-2H3,(H,26,27,28). The summed E-state index contributed by atoms with van der Waals surface area (Å²) in [5.41, 5.74) is 1.01. The van der Waals surface area contributed by atoms with E-state index in [2.05, 4.69) is 27.7 Å². The van der Waals surface area contributed by atoms with E-state index in [1.807, 2.05) is 26.2 Å². The van der Waals surface area contributed by atoms with Crippen LogP contribution in [0.2, 0.25) is 0 Å². The topological polar surface area (TPSA) is 53.1 Å². The number of nitrogens with zero attached hydrogens (tertiary/aromatic N) is 3. The van der Waals surface area contributed by atoms with E-state index in [0.717, 1.165) is 28.6 Å². The van der Waals surface area contributed by atoms with E-state index in [0.29, 0.717) is 12.1 Å². The van der Waals surface area contributed by atoms with E-state index in [1.54, 1.807) is 0 Å². The minimum Gasteiger partial charge on any atom is -0.362 e. The summed E-state index contributed by atoms with van der Waals surface area (Å²) in [6, 6.07) is 9.42. The lowest BCUT2D eigenvalue weighted by Gasteiger charge is -2.31. The van der Waals surface area contributed by atoms with Crippen LogP contribution in [-0.2, 0) is 0 Å². The van der Waals surface area contributed by atoms with E-state index in [9.17, 15) is 0 Å². The maximum Gasteiger partial charge on any atom is 0.225 e. The zero-order valence-corrected chi connectivity index (χ0v) is 18.2.